The summed E-state index contributed by atoms with van der Waals surface area (Å²) in [6, 6.07) is 7.32. The Balaban J connectivity index is 2.16. The molecule has 6 N–H and O–H groups in total. The van der Waals surface area contributed by atoms with Crippen molar-refractivity contribution in [2.45, 2.75) is 12.5 Å². The first-order chi connectivity index (χ1) is 10.1. The number of benzene rings is 1. The van der Waals surface area contributed by atoms with Crippen molar-refractivity contribution in [2.24, 2.45) is 16.5 Å². The molecule has 0 aliphatic rings. The Morgan fingerprint density at radius 1 is 1.33 bits per heavy atom. The summed E-state index contributed by atoms with van der Waals surface area (Å²) in [5.74, 6) is 1.36. The van der Waals surface area contributed by atoms with Crippen LogP contribution in [-0.4, -0.2) is 50.5 Å². The summed E-state index contributed by atoms with van der Waals surface area (Å²) < 4.78 is 10.7. The van der Waals surface area contributed by atoms with Crippen LogP contribution in [0.2, 0.25) is 0 Å². The van der Waals surface area contributed by atoms with Gasteiger partial charge in [-0.05, 0) is 25.1 Å². The van der Waals surface area contributed by atoms with E-state index >= 15 is 0 Å². The number of nitrogens with zero attached hydrogens (tertiary/aromatic N) is 1. The van der Waals surface area contributed by atoms with E-state index in [9.17, 15) is 5.11 Å². The first-order valence-electron chi connectivity index (χ1n) is 6.83. The number of methoxy groups -OCH3 is 1. The molecule has 0 radical (unpaired) electrons. The van der Waals surface area contributed by atoms with Gasteiger partial charge in [0.2, 0.25) is 0 Å². The molecular weight excluding hydrogens is 272 g/mol. The van der Waals surface area contributed by atoms with Gasteiger partial charge < -0.3 is 31.4 Å². The van der Waals surface area contributed by atoms with Gasteiger partial charge in [-0.2, -0.15) is 0 Å². The Morgan fingerprint density at radius 3 is 2.71 bits per heavy atom. The number of aliphatic imine (C=N–C) groups is 1. The highest BCUT2D eigenvalue weighted by atomic mass is 16.5. The molecule has 1 unspecified atom stereocenters. The molecule has 0 aliphatic heterocycles. The highest BCUT2D eigenvalue weighted by Gasteiger charge is 2.07. The number of hydrogen-bond acceptors (Lipinski definition) is 5. The van der Waals surface area contributed by atoms with Crippen LogP contribution in [0.3, 0.4) is 0 Å². The van der Waals surface area contributed by atoms with E-state index in [1.54, 1.807) is 13.2 Å². The molecule has 0 aliphatic carbocycles. The maximum absolute atomic E-state index is 9.82. The van der Waals surface area contributed by atoms with Gasteiger partial charge in [-0.1, -0.05) is 12.1 Å². The van der Waals surface area contributed by atoms with E-state index in [1.165, 1.54) is 0 Å². The lowest BCUT2D eigenvalue weighted by Gasteiger charge is -2.14. The minimum Gasteiger partial charge on any atom is -0.493 e. The molecular formula is C14H24N4O3. The van der Waals surface area contributed by atoms with Gasteiger partial charge in [-0.25, -0.2) is 0 Å². The topological polar surface area (TPSA) is 115 Å². The zero-order valence-electron chi connectivity index (χ0n) is 12.3. The van der Waals surface area contributed by atoms with Gasteiger partial charge in [0.05, 0.1) is 7.11 Å². The van der Waals surface area contributed by atoms with Crippen LogP contribution < -0.4 is 26.3 Å². The zero-order chi connectivity index (χ0) is 15.5. The van der Waals surface area contributed by atoms with Gasteiger partial charge in [-0.3, -0.25) is 4.99 Å². The zero-order valence-corrected chi connectivity index (χ0v) is 12.3. The maximum atomic E-state index is 9.82. The third-order valence-corrected chi connectivity index (χ3v) is 2.69. The minimum atomic E-state index is -0.599. The number of guanidine groups is 1. The molecule has 1 aromatic rings. The van der Waals surface area contributed by atoms with Gasteiger partial charge in [0, 0.05) is 13.1 Å². The number of hydrogen-bond donors (Lipinski definition) is 4. The van der Waals surface area contributed by atoms with Crippen molar-refractivity contribution in [2.75, 3.05) is 33.4 Å². The van der Waals surface area contributed by atoms with Crippen LogP contribution in [0.5, 0.6) is 11.5 Å². The van der Waals surface area contributed by atoms with Crippen molar-refractivity contribution in [3.05, 3.63) is 24.3 Å². The first kappa shape index (κ1) is 17.1. The normalized spacial score (nSPS) is 11.7. The average molecular weight is 296 g/mol. The standard InChI is InChI=1S/C14H24N4O3/c1-20-12-5-2-3-6-13(12)21-10-11(19)9-17-7-4-8-18-14(15)16/h2-3,5-6,11,17,19H,4,7-10H2,1H3,(H4,15,16,18). The number of nitrogens with one attached hydrogen (secondary N) is 1. The van der Waals surface area contributed by atoms with Crippen LogP contribution in [0, 0.1) is 0 Å². The van der Waals surface area contributed by atoms with Gasteiger partial charge >= 0.3 is 0 Å². The van der Waals surface area contributed by atoms with Gasteiger partial charge in [0.1, 0.15) is 12.7 Å². The smallest absolute Gasteiger partial charge is 0.185 e. The first-order valence-corrected chi connectivity index (χ1v) is 6.83. The molecule has 0 heterocycles. The minimum absolute atomic E-state index is 0.0974. The van der Waals surface area contributed by atoms with Gasteiger partial charge in [0.15, 0.2) is 17.5 Å². The van der Waals surface area contributed by atoms with E-state index in [2.05, 4.69) is 10.3 Å². The SMILES string of the molecule is COc1ccccc1OCC(O)CNCCCN=C(N)N. The lowest BCUT2D eigenvalue weighted by Crippen LogP contribution is -2.32. The summed E-state index contributed by atoms with van der Waals surface area (Å²) in [4.78, 5) is 3.87. The predicted octanol–water partition coefficient (Wildman–Crippen LogP) is -0.312. The van der Waals surface area contributed by atoms with Crippen molar-refractivity contribution in [3.63, 3.8) is 0 Å². The molecule has 0 bridgehead atoms. The highest BCUT2D eigenvalue weighted by molar-refractivity contribution is 5.75. The van der Waals surface area contributed by atoms with E-state index < -0.39 is 6.10 Å². The number of rotatable bonds is 10. The number of ether oxygens (including phenoxy) is 2. The molecule has 118 valence electrons. The van der Waals surface area contributed by atoms with Crippen LogP contribution >= 0.6 is 0 Å². The average Bonchev–Trinajstić information content (AvgIpc) is 2.48. The molecule has 21 heavy (non-hydrogen) atoms. The Morgan fingerprint density at radius 2 is 2.05 bits per heavy atom. The molecule has 0 fully saturated rings. The fourth-order valence-electron chi connectivity index (χ4n) is 1.66. The fraction of sp³-hybridized carbons (Fsp3) is 0.500. The third kappa shape index (κ3) is 7.38. The number of aliphatic hydroxyl groups excluding tert-OH is 1. The lowest BCUT2D eigenvalue weighted by atomic mass is 10.3. The Labute approximate surface area is 124 Å². The fourth-order valence-corrected chi connectivity index (χ4v) is 1.66. The van der Waals surface area contributed by atoms with Gasteiger partial charge in [0.25, 0.3) is 0 Å². The van der Waals surface area contributed by atoms with Crippen molar-refractivity contribution in [1.82, 2.24) is 5.32 Å². The highest BCUT2D eigenvalue weighted by Crippen LogP contribution is 2.25. The molecule has 7 nitrogen and oxygen atoms in total. The predicted molar refractivity (Wildman–Crippen MR) is 82.7 cm³/mol. The van der Waals surface area contributed by atoms with E-state index in [0.717, 1.165) is 13.0 Å². The lowest BCUT2D eigenvalue weighted by molar-refractivity contribution is 0.105. The largest absolute Gasteiger partial charge is 0.493 e. The van der Waals surface area contributed by atoms with Gasteiger partial charge in [-0.15, -0.1) is 0 Å². The molecule has 0 aromatic heterocycles. The van der Waals surface area contributed by atoms with Crippen molar-refractivity contribution < 1.29 is 14.6 Å². The summed E-state index contributed by atoms with van der Waals surface area (Å²) in [5, 5.41) is 12.9. The van der Waals surface area contributed by atoms with E-state index in [-0.39, 0.29) is 12.6 Å². The molecule has 0 saturated carbocycles. The molecule has 1 rings (SSSR count). The Hall–Kier alpha value is -1.99. The molecule has 1 atom stereocenters. The van der Waals surface area contributed by atoms with Crippen molar-refractivity contribution >= 4 is 5.96 Å². The number of aliphatic hydroxyl groups is 1. The molecule has 0 amide bonds. The summed E-state index contributed by atoms with van der Waals surface area (Å²) in [6.07, 6.45) is 0.204. The van der Waals surface area contributed by atoms with E-state index in [1.807, 2.05) is 18.2 Å². The maximum Gasteiger partial charge on any atom is 0.185 e. The van der Waals surface area contributed by atoms with E-state index in [4.69, 9.17) is 20.9 Å². The van der Waals surface area contributed by atoms with Crippen LogP contribution in [0.1, 0.15) is 6.42 Å². The molecule has 0 spiro atoms. The molecule has 0 saturated heterocycles. The third-order valence-electron chi connectivity index (χ3n) is 2.69. The summed E-state index contributed by atoms with van der Waals surface area (Å²) >= 11 is 0. The number of nitrogens with two attached hydrogens (primary N) is 2. The van der Waals surface area contributed by atoms with Crippen molar-refractivity contribution in [1.29, 1.82) is 0 Å². The second kappa shape index (κ2) is 9.84. The van der Waals surface area contributed by atoms with Crippen molar-refractivity contribution in [3.8, 4) is 11.5 Å². The molecule has 1 aromatic carbocycles. The Kier molecular flexibility index (Phi) is 8.00. The number of para-hydroxylation sites is 2. The van der Waals surface area contributed by atoms with Crippen LogP contribution in [0.15, 0.2) is 29.3 Å². The van der Waals surface area contributed by atoms with Crippen LogP contribution in [0.4, 0.5) is 0 Å². The summed E-state index contributed by atoms with van der Waals surface area (Å²) in [7, 11) is 1.58. The Bertz CT molecular complexity index is 436. The second-order valence-electron chi connectivity index (χ2n) is 4.48. The summed E-state index contributed by atoms with van der Waals surface area (Å²) in [6.45, 7) is 1.93. The quantitative estimate of drug-likeness (QED) is 0.267. The van der Waals surface area contributed by atoms with E-state index in [0.29, 0.717) is 24.6 Å². The second-order valence-corrected chi connectivity index (χ2v) is 4.48. The summed E-state index contributed by atoms with van der Waals surface area (Å²) in [5.41, 5.74) is 10.4. The van der Waals surface area contributed by atoms with Crippen LogP contribution in [0.25, 0.3) is 0 Å². The van der Waals surface area contributed by atoms with Crippen LogP contribution in [-0.2, 0) is 0 Å². The molecule has 7 heteroatoms. The monoisotopic (exact) mass is 296 g/mol.